The molecule has 0 heteroatoms. The first-order valence-electron chi connectivity index (χ1n) is 8.12. The Morgan fingerprint density at radius 1 is 0.450 bits per heavy atom. The normalized spacial score (nSPS) is 11.1. The van der Waals surface area contributed by atoms with Crippen LogP contribution in [0.25, 0.3) is 0 Å². The van der Waals surface area contributed by atoms with E-state index in [0.29, 0.717) is 11.8 Å². The van der Waals surface area contributed by atoms with Crippen LogP contribution in [0.1, 0.15) is 93.7 Å². The van der Waals surface area contributed by atoms with E-state index in [0.717, 1.165) is 5.92 Å². The Labute approximate surface area is 128 Å². The molecule has 0 atom stereocenters. The Bertz CT molecular complexity index is 363. The molecule has 0 radical (unpaired) electrons. The van der Waals surface area contributed by atoms with E-state index in [4.69, 9.17) is 0 Å². The maximum atomic E-state index is 2.29. The third-order valence-corrected chi connectivity index (χ3v) is 3.90. The van der Waals surface area contributed by atoms with Crippen molar-refractivity contribution >= 4 is 0 Å². The summed E-state index contributed by atoms with van der Waals surface area (Å²) in [5.74, 6) is 2.08. The highest BCUT2D eigenvalue weighted by molar-refractivity contribution is 5.52. The molecular formula is C20H36. The van der Waals surface area contributed by atoms with Crippen molar-refractivity contribution in [3.8, 4) is 0 Å². The van der Waals surface area contributed by atoms with Gasteiger partial charge in [-0.3, -0.25) is 0 Å². The maximum absolute atomic E-state index is 2.29. The topological polar surface area (TPSA) is 0 Å². The summed E-state index contributed by atoms with van der Waals surface area (Å²) in [5.41, 5.74) is 9.12. The molecule has 0 saturated heterocycles. The predicted molar refractivity (Wildman–Crippen MR) is 94.1 cm³/mol. The molecule has 0 nitrogen and oxygen atoms in total. The van der Waals surface area contributed by atoms with Gasteiger partial charge in [-0.25, -0.2) is 0 Å². The molecule has 0 N–H and O–H groups in total. The molecule has 20 heavy (non-hydrogen) atoms. The quantitative estimate of drug-likeness (QED) is 0.555. The second-order valence-electron chi connectivity index (χ2n) is 7.37. The van der Waals surface area contributed by atoms with Crippen molar-refractivity contribution in [3.63, 3.8) is 0 Å². The number of hydrogen-bond acceptors (Lipinski definition) is 0. The molecule has 0 spiro atoms. The zero-order chi connectivity index (χ0) is 16.2. The van der Waals surface area contributed by atoms with Gasteiger partial charge in [0.05, 0.1) is 0 Å². The van der Waals surface area contributed by atoms with Gasteiger partial charge in [-0.15, -0.1) is 0 Å². The summed E-state index contributed by atoms with van der Waals surface area (Å²) < 4.78 is 0. The zero-order valence-corrected chi connectivity index (χ0v) is 15.7. The average Bonchev–Trinajstić information content (AvgIpc) is 2.25. The number of hydrogen-bond donors (Lipinski definition) is 0. The third-order valence-electron chi connectivity index (χ3n) is 3.90. The lowest BCUT2D eigenvalue weighted by atomic mass is 9.81. The summed E-state index contributed by atoms with van der Waals surface area (Å²) in [4.78, 5) is 0. The van der Waals surface area contributed by atoms with Crippen molar-refractivity contribution < 1.29 is 0 Å². The molecule has 0 heterocycles. The molecule has 0 aromatic heterocycles. The fraction of sp³-hybridized carbons (Fsp3) is 0.700. The van der Waals surface area contributed by atoms with Crippen molar-refractivity contribution in [3.05, 3.63) is 33.4 Å². The van der Waals surface area contributed by atoms with Gasteiger partial charge in [0.2, 0.25) is 0 Å². The van der Waals surface area contributed by atoms with Gasteiger partial charge in [0.15, 0.2) is 0 Å². The largest absolute Gasteiger partial charge is 0.0630 e. The van der Waals surface area contributed by atoms with Crippen LogP contribution in [0.2, 0.25) is 0 Å². The molecule has 0 fully saturated rings. The Balaban J connectivity index is 0.000000796. The Hall–Kier alpha value is -0.780. The first-order valence-corrected chi connectivity index (χ1v) is 8.12. The van der Waals surface area contributed by atoms with Crippen LogP contribution < -0.4 is 0 Å². The van der Waals surface area contributed by atoms with Crippen LogP contribution >= 0.6 is 0 Å². The third kappa shape index (κ3) is 4.65. The lowest BCUT2D eigenvalue weighted by molar-refractivity contribution is 0.737. The molecule has 0 aliphatic rings. The Morgan fingerprint density at radius 2 is 0.600 bits per heavy atom. The van der Waals surface area contributed by atoms with Crippen LogP contribution in [-0.2, 0) is 0 Å². The number of benzene rings is 1. The molecule has 1 aromatic rings. The smallest absolute Gasteiger partial charge is 0.0213 e. The minimum absolute atomic E-state index is 0.624. The van der Waals surface area contributed by atoms with Gasteiger partial charge in [-0.2, -0.15) is 0 Å². The van der Waals surface area contributed by atoms with E-state index in [1.165, 1.54) is 22.3 Å². The summed E-state index contributed by atoms with van der Waals surface area (Å²) in [6.07, 6.45) is 0. The van der Waals surface area contributed by atoms with Crippen LogP contribution in [-0.4, -0.2) is 0 Å². The molecule has 1 rings (SSSR count). The molecule has 0 aliphatic carbocycles. The van der Waals surface area contributed by atoms with Crippen molar-refractivity contribution in [1.29, 1.82) is 0 Å². The SMILES string of the molecule is CC(C)C.Cc1c(C)c(C(C)C)c(C)c(C)c1C(C)C. The predicted octanol–water partition coefficient (Wildman–Crippen LogP) is 6.83. The second kappa shape index (κ2) is 7.86. The molecule has 0 saturated carbocycles. The van der Waals surface area contributed by atoms with E-state index in [9.17, 15) is 0 Å². The second-order valence-corrected chi connectivity index (χ2v) is 7.37. The highest BCUT2D eigenvalue weighted by Crippen LogP contribution is 2.34. The lowest BCUT2D eigenvalue weighted by Crippen LogP contribution is -2.07. The highest BCUT2D eigenvalue weighted by atomic mass is 14.2. The Kier molecular flexibility index (Phi) is 7.55. The maximum Gasteiger partial charge on any atom is -0.0213 e. The molecular weight excluding hydrogens is 240 g/mol. The van der Waals surface area contributed by atoms with Crippen molar-refractivity contribution in [2.24, 2.45) is 5.92 Å². The van der Waals surface area contributed by atoms with Crippen LogP contribution in [0.15, 0.2) is 0 Å². The van der Waals surface area contributed by atoms with E-state index >= 15 is 0 Å². The van der Waals surface area contributed by atoms with Gasteiger partial charge in [0.1, 0.15) is 0 Å². The van der Waals surface area contributed by atoms with E-state index in [1.807, 2.05) is 0 Å². The molecule has 0 bridgehead atoms. The van der Waals surface area contributed by atoms with Gasteiger partial charge < -0.3 is 0 Å². The van der Waals surface area contributed by atoms with E-state index in [1.54, 1.807) is 11.1 Å². The number of rotatable bonds is 2. The molecule has 0 aliphatic heterocycles. The summed E-state index contributed by atoms with van der Waals surface area (Å²) >= 11 is 0. The monoisotopic (exact) mass is 276 g/mol. The zero-order valence-electron chi connectivity index (χ0n) is 15.7. The van der Waals surface area contributed by atoms with Crippen molar-refractivity contribution in [2.75, 3.05) is 0 Å². The van der Waals surface area contributed by atoms with Crippen molar-refractivity contribution in [1.82, 2.24) is 0 Å². The van der Waals surface area contributed by atoms with Gasteiger partial charge in [-0.1, -0.05) is 48.5 Å². The molecule has 116 valence electrons. The minimum atomic E-state index is 0.624. The standard InChI is InChI=1S/C16H26.C4H10/c1-9(2)15-11(5)13(7)16(10(3)4)14(8)12(15)6;1-4(2)3/h9-10H,1-8H3;4H,1-3H3. The van der Waals surface area contributed by atoms with Crippen LogP contribution in [0, 0.1) is 33.6 Å². The molecule has 0 unspecified atom stereocenters. The summed E-state index contributed by atoms with van der Waals surface area (Å²) in [7, 11) is 0. The van der Waals surface area contributed by atoms with Gasteiger partial charge in [0.25, 0.3) is 0 Å². The Morgan fingerprint density at radius 3 is 0.700 bits per heavy atom. The lowest BCUT2D eigenvalue weighted by Gasteiger charge is -2.24. The summed E-state index contributed by atoms with van der Waals surface area (Å²) in [5, 5.41) is 0. The van der Waals surface area contributed by atoms with Crippen LogP contribution in [0.4, 0.5) is 0 Å². The fourth-order valence-electron chi connectivity index (χ4n) is 3.10. The van der Waals surface area contributed by atoms with Crippen LogP contribution in [0.5, 0.6) is 0 Å². The summed E-state index contributed by atoms with van der Waals surface area (Å²) in [6, 6.07) is 0. The van der Waals surface area contributed by atoms with E-state index < -0.39 is 0 Å². The average molecular weight is 277 g/mol. The first kappa shape index (κ1) is 19.2. The first-order chi connectivity index (χ1) is 9.02. The summed E-state index contributed by atoms with van der Waals surface area (Å²) in [6.45, 7) is 24.8. The van der Waals surface area contributed by atoms with Gasteiger partial charge in [0, 0.05) is 0 Å². The van der Waals surface area contributed by atoms with E-state index in [2.05, 4.69) is 76.2 Å². The van der Waals surface area contributed by atoms with Crippen LogP contribution in [0.3, 0.4) is 0 Å². The fourth-order valence-corrected chi connectivity index (χ4v) is 3.10. The van der Waals surface area contributed by atoms with Crippen molar-refractivity contribution in [2.45, 2.75) is 88.0 Å². The highest BCUT2D eigenvalue weighted by Gasteiger charge is 2.17. The molecule has 1 aromatic carbocycles. The van der Waals surface area contributed by atoms with Gasteiger partial charge >= 0.3 is 0 Å². The van der Waals surface area contributed by atoms with E-state index in [-0.39, 0.29) is 0 Å². The minimum Gasteiger partial charge on any atom is -0.0630 e. The van der Waals surface area contributed by atoms with Gasteiger partial charge in [-0.05, 0) is 78.8 Å². The molecule has 0 amide bonds.